The number of hydrogen-bond acceptors (Lipinski definition) is 3. The van der Waals surface area contributed by atoms with Gasteiger partial charge in [-0.25, -0.2) is 0 Å². The van der Waals surface area contributed by atoms with Crippen LogP contribution in [0.15, 0.2) is 24.3 Å². The summed E-state index contributed by atoms with van der Waals surface area (Å²) in [4.78, 5) is 0. The van der Waals surface area contributed by atoms with Crippen molar-refractivity contribution < 1.29 is 10.2 Å². The van der Waals surface area contributed by atoms with Crippen LogP contribution in [0.3, 0.4) is 0 Å². The molecule has 1 aromatic heterocycles. The van der Waals surface area contributed by atoms with Gasteiger partial charge in [-0.05, 0) is 25.0 Å². The number of rotatable bonds is 5. The first kappa shape index (κ1) is 16.3. The number of hydrogen-bond donors (Lipinski definition) is 2. The predicted molar refractivity (Wildman–Crippen MR) is 84.0 cm³/mol. The zero-order valence-corrected chi connectivity index (χ0v) is 13.5. The second-order valence-corrected chi connectivity index (χ2v) is 6.00. The van der Waals surface area contributed by atoms with Gasteiger partial charge in [-0.1, -0.05) is 41.4 Å². The van der Waals surface area contributed by atoms with Crippen molar-refractivity contribution in [2.45, 2.75) is 18.8 Å². The molecule has 6 heteroatoms. The monoisotopic (exact) mass is 328 g/mol. The molecule has 1 heterocycles. The van der Waals surface area contributed by atoms with Crippen LogP contribution in [-0.4, -0.2) is 33.2 Å². The van der Waals surface area contributed by atoms with E-state index < -0.39 is 5.41 Å². The Labute approximate surface area is 133 Å². The lowest BCUT2D eigenvalue weighted by atomic mass is 9.77. The average Bonchev–Trinajstić information content (AvgIpc) is 2.71. The lowest BCUT2D eigenvalue weighted by molar-refractivity contribution is 0.116. The third-order valence-corrected chi connectivity index (χ3v) is 4.64. The van der Waals surface area contributed by atoms with Gasteiger partial charge in [-0.15, -0.1) is 0 Å². The first-order valence-electron chi connectivity index (χ1n) is 6.60. The summed E-state index contributed by atoms with van der Waals surface area (Å²) in [5.41, 5.74) is 1.40. The molecule has 0 bridgehead atoms. The number of halogens is 2. The fraction of sp³-hybridized carbons (Fsp3) is 0.400. The summed E-state index contributed by atoms with van der Waals surface area (Å²) in [5.74, 6) is 0. The van der Waals surface area contributed by atoms with E-state index in [4.69, 9.17) is 23.2 Å². The van der Waals surface area contributed by atoms with E-state index in [9.17, 15) is 10.2 Å². The van der Waals surface area contributed by atoms with Crippen molar-refractivity contribution in [2.24, 2.45) is 7.05 Å². The molecule has 0 fully saturated rings. The molecule has 114 valence electrons. The molecule has 2 aromatic rings. The van der Waals surface area contributed by atoms with Crippen LogP contribution in [-0.2, 0) is 18.9 Å². The Bertz CT molecular complexity index is 637. The van der Waals surface area contributed by atoms with E-state index in [0.717, 1.165) is 11.3 Å². The number of nitrogens with zero attached hydrogens (tertiary/aromatic N) is 2. The van der Waals surface area contributed by atoms with E-state index in [1.807, 2.05) is 25.1 Å². The quantitative estimate of drug-likeness (QED) is 0.886. The Morgan fingerprint density at radius 3 is 2.29 bits per heavy atom. The van der Waals surface area contributed by atoms with Gasteiger partial charge in [-0.3, -0.25) is 4.68 Å². The third kappa shape index (κ3) is 2.94. The van der Waals surface area contributed by atoms with Crippen molar-refractivity contribution in [2.75, 3.05) is 13.2 Å². The van der Waals surface area contributed by atoms with E-state index >= 15 is 0 Å². The van der Waals surface area contributed by atoms with Crippen LogP contribution in [0, 0.1) is 6.92 Å². The average molecular weight is 329 g/mol. The van der Waals surface area contributed by atoms with Crippen molar-refractivity contribution in [3.8, 4) is 0 Å². The lowest BCUT2D eigenvalue weighted by Gasteiger charge is -2.31. The van der Waals surface area contributed by atoms with Gasteiger partial charge in [0.15, 0.2) is 0 Å². The normalized spacial score (nSPS) is 11.9. The highest BCUT2D eigenvalue weighted by Gasteiger charge is 2.35. The van der Waals surface area contributed by atoms with Gasteiger partial charge < -0.3 is 10.2 Å². The smallest absolute Gasteiger partial charge is 0.130 e. The summed E-state index contributed by atoms with van der Waals surface area (Å²) >= 11 is 12.5. The maximum atomic E-state index is 9.92. The van der Waals surface area contributed by atoms with Crippen LogP contribution in [0.25, 0.3) is 0 Å². The van der Waals surface area contributed by atoms with E-state index in [0.29, 0.717) is 22.2 Å². The molecule has 0 spiro atoms. The van der Waals surface area contributed by atoms with Crippen LogP contribution in [0.4, 0.5) is 0 Å². The van der Waals surface area contributed by atoms with Gasteiger partial charge in [0.1, 0.15) is 5.15 Å². The summed E-state index contributed by atoms with van der Waals surface area (Å²) in [6.07, 6.45) is 0.363. The summed E-state index contributed by atoms with van der Waals surface area (Å²) < 4.78 is 1.58. The minimum atomic E-state index is -0.893. The molecule has 2 N–H and O–H groups in total. The van der Waals surface area contributed by atoms with Gasteiger partial charge >= 0.3 is 0 Å². The van der Waals surface area contributed by atoms with Crippen molar-refractivity contribution >= 4 is 23.2 Å². The molecule has 21 heavy (non-hydrogen) atoms. The highest BCUT2D eigenvalue weighted by molar-refractivity contribution is 6.31. The largest absolute Gasteiger partial charge is 0.395 e. The first-order chi connectivity index (χ1) is 9.95. The van der Waals surface area contributed by atoms with Crippen LogP contribution in [0.1, 0.15) is 16.8 Å². The van der Waals surface area contributed by atoms with Crippen molar-refractivity contribution in [1.29, 1.82) is 0 Å². The lowest BCUT2D eigenvalue weighted by Crippen LogP contribution is -2.37. The SMILES string of the molecule is Cc1nn(C)c(Cl)c1CC(CO)(CO)c1ccccc1Cl. The zero-order chi connectivity index (χ0) is 15.6. The van der Waals surface area contributed by atoms with Crippen LogP contribution in [0.2, 0.25) is 10.2 Å². The highest BCUT2D eigenvalue weighted by atomic mass is 35.5. The van der Waals surface area contributed by atoms with Crippen molar-refractivity contribution in [3.05, 3.63) is 51.3 Å². The second-order valence-electron chi connectivity index (χ2n) is 5.23. The standard InChI is InChI=1S/C15H18Cl2N2O2/c1-10-11(14(17)19(2)18-10)7-15(8-20,9-21)12-5-3-4-6-13(12)16/h3-6,20-21H,7-9H2,1-2H3. The maximum Gasteiger partial charge on any atom is 0.130 e. The molecule has 0 amide bonds. The summed E-state index contributed by atoms with van der Waals surface area (Å²) in [5, 5.41) is 25.1. The van der Waals surface area contributed by atoms with E-state index in [1.165, 1.54) is 0 Å². The number of benzene rings is 1. The minimum absolute atomic E-state index is 0.238. The first-order valence-corrected chi connectivity index (χ1v) is 7.35. The highest BCUT2D eigenvalue weighted by Crippen LogP contribution is 2.35. The Kier molecular flexibility index (Phi) is 4.94. The molecule has 0 radical (unpaired) electrons. The van der Waals surface area contributed by atoms with Crippen LogP contribution >= 0.6 is 23.2 Å². The van der Waals surface area contributed by atoms with Crippen LogP contribution in [0.5, 0.6) is 0 Å². The molecule has 0 saturated carbocycles. The van der Waals surface area contributed by atoms with Gasteiger partial charge in [0.25, 0.3) is 0 Å². The number of aliphatic hydroxyl groups excluding tert-OH is 2. The molecule has 4 nitrogen and oxygen atoms in total. The van der Waals surface area contributed by atoms with E-state index in [2.05, 4.69) is 5.10 Å². The second kappa shape index (κ2) is 6.36. The van der Waals surface area contributed by atoms with E-state index in [1.54, 1.807) is 17.8 Å². The Hall–Kier alpha value is -1.07. The summed E-state index contributed by atoms with van der Waals surface area (Å²) in [6.45, 7) is 1.38. The molecular formula is C15H18Cl2N2O2. The molecule has 0 aliphatic heterocycles. The Balaban J connectivity index is 2.51. The molecule has 0 saturated heterocycles. The van der Waals surface area contributed by atoms with Gasteiger partial charge in [0.05, 0.1) is 18.9 Å². The van der Waals surface area contributed by atoms with Crippen LogP contribution < -0.4 is 0 Å². The van der Waals surface area contributed by atoms with E-state index in [-0.39, 0.29) is 13.2 Å². The Morgan fingerprint density at radius 1 is 1.19 bits per heavy atom. The Morgan fingerprint density at radius 2 is 1.81 bits per heavy atom. The molecule has 0 atom stereocenters. The van der Waals surface area contributed by atoms with Gasteiger partial charge in [-0.2, -0.15) is 5.10 Å². The zero-order valence-electron chi connectivity index (χ0n) is 12.0. The molecule has 2 rings (SSSR count). The van der Waals surface area contributed by atoms with Gasteiger partial charge in [0, 0.05) is 23.0 Å². The number of aryl methyl sites for hydroxylation is 2. The minimum Gasteiger partial charge on any atom is -0.395 e. The van der Waals surface area contributed by atoms with Crippen molar-refractivity contribution in [1.82, 2.24) is 9.78 Å². The maximum absolute atomic E-state index is 9.92. The molecule has 1 aromatic carbocycles. The molecule has 0 unspecified atom stereocenters. The topological polar surface area (TPSA) is 58.3 Å². The van der Waals surface area contributed by atoms with Gasteiger partial charge in [0.2, 0.25) is 0 Å². The predicted octanol–water partition coefficient (Wildman–Crippen LogP) is 2.50. The number of aliphatic hydroxyl groups is 2. The molecular weight excluding hydrogens is 311 g/mol. The third-order valence-electron chi connectivity index (χ3n) is 3.84. The fourth-order valence-electron chi connectivity index (χ4n) is 2.53. The molecule has 0 aliphatic rings. The summed E-state index contributed by atoms with van der Waals surface area (Å²) in [6, 6.07) is 7.20. The van der Waals surface area contributed by atoms with Crippen molar-refractivity contribution in [3.63, 3.8) is 0 Å². The molecule has 0 aliphatic carbocycles. The summed E-state index contributed by atoms with van der Waals surface area (Å²) in [7, 11) is 1.76. The fourth-order valence-corrected chi connectivity index (χ4v) is 3.11. The number of aromatic nitrogens is 2.